The Hall–Kier alpha value is -1.85. The monoisotopic (exact) mass is 475 g/mol. The molecule has 0 radical (unpaired) electrons. The lowest BCUT2D eigenvalue weighted by atomic mass is 9.91. The van der Waals surface area contributed by atoms with Crippen molar-refractivity contribution in [2.75, 3.05) is 25.0 Å². The van der Waals surface area contributed by atoms with Gasteiger partial charge in [0.25, 0.3) is 5.91 Å². The van der Waals surface area contributed by atoms with Crippen molar-refractivity contribution < 1.29 is 22.8 Å². The standard InChI is InChI=1S/C17H13F3IN3O2/c18-11-3-2-10(16(25)24-7-17(8-24)6-22-26-17)15(14(11)20)23-13-4-1-9(21)5-12(13)19/h1-5,22-23H,6-8H2. The minimum atomic E-state index is -1.23. The smallest absolute Gasteiger partial charge is 0.256 e. The predicted octanol–water partition coefficient (Wildman–Crippen LogP) is 3.18. The normalized spacial score (nSPS) is 17.6. The van der Waals surface area contributed by atoms with Gasteiger partial charge in [0.2, 0.25) is 0 Å². The summed E-state index contributed by atoms with van der Waals surface area (Å²) in [6.45, 7) is 1.35. The van der Waals surface area contributed by atoms with Crippen molar-refractivity contribution in [1.29, 1.82) is 0 Å². The number of hydrogen-bond acceptors (Lipinski definition) is 4. The topological polar surface area (TPSA) is 53.6 Å². The van der Waals surface area contributed by atoms with Crippen LogP contribution in [0.4, 0.5) is 24.5 Å². The number of nitrogens with zero attached hydrogens (tertiary/aromatic N) is 1. The van der Waals surface area contributed by atoms with Crippen LogP contribution in [0.1, 0.15) is 10.4 Å². The molecule has 0 saturated carbocycles. The highest BCUT2D eigenvalue weighted by molar-refractivity contribution is 14.1. The Balaban J connectivity index is 1.65. The van der Waals surface area contributed by atoms with E-state index in [4.69, 9.17) is 4.84 Å². The first-order valence-corrected chi connectivity index (χ1v) is 8.87. The van der Waals surface area contributed by atoms with E-state index in [2.05, 4.69) is 10.8 Å². The first-order chi connectivity index (χ1) is 12.4. The van der Waals surface area contributed by atoms with E-state index in [1.807, 2.05) is 22.6 Å². The van der Waals surface area contributed by atoms with Gasteiger partial charge in [0.05, 0.1) is 36.6 Å². The van der Waals surface area contributed by atoms with Crippen LogP contribution in [-0.2, 0) is 4.84 Å². The average molecular weight is 475 g/mol. The van der Waals surface area contributed by atoms with Gasteiger partial charge in [-0.05, 0) is 52.9 Å². The second-order valence-electron chi connectivity index (χ2n) is 6.30. The van der Waals surface area contributed by atoms with Gasteiger partial charge in [-0.1, -0.05) is 0 Å². The van der Waals surface area contributed by atoms with E-state index >= 15 is 0 Å². The van der Waals surface area contributed by atoms with Crippen LogP contribution in [0.3, 0.4) is 0 Å². The number of carbonyl (C=O) groups excluding carboxylic acids is 1. The first kappa shape index (κ1) is 17.6. The van der Waals surface area contributed by atoms with Crippen molar-refractivity contribution in [3.8, 4) is 0 Å². The van der Waals surface area contributed by atoms with Crippen LogP contribution in [0.2, 0.25) is 0 Å². The number of anilines is 2. The highest BCUT2D eigenvalue weighted by Crippen LogP contribution is 2.34. The van der Waals surface area contributed by atoms with Crippen molar-refractivity contribution in [1.82, 2.24) is 10.4 Å². The number of rotatable bonds is 3. The first-order valence-electron chi connectivity index (χ1n) is 7.79. The molecule has 2 aromatic carbocycles. The van der Waals surface area contributed by atoms with Crippen LogP contribution in [-0.4, -0.2) is 36.0 Å². The molecular formula is C17H13F3IN3O2. The van der Waals surface area contributed by atoms with Crippen molar-refractivity contribution in [3.63, 3.8) is 0 Å². The molecule has 2 saturated heterocycles. The molecule has 136 valence electrons. The van der Waals surface area contributed by atoms with Gasteiger partial charge >= 0.3 is 0 Å². The number of benzene rings is 2. The van der Waals surface area contributed by atoms with Gasteiger partial charge in [0, 0.05) is 3.57 Å². The third kappa shape index (κ3) is 2.93. The number of likely N-dealkylation sites (tertiary alicyclic amines) is 1. The highest BCUT2D eigenvalue weighted by atomic mass is 127. The Kier molecular flexibility index (Phi) is 4.32. The Labute approximate surface area is 160 Å². The molecule has 4 rings (SSSR count). The lowest BCUT2D eigenvalue weighted by Gasteiger charge is -2.54. The summed E-state index contributed by atoms with van der Waals surface area (Å²) < 4.78 is 42.8. The van der Waals surface area contributed by atoms with E-state index in [9.17, 15) is 18.0 Å². The summed E-state index contributed by atoms with van der Waals surface area (Å²) in [4.78, 5) is 19.4. The van der Waals surface area contributed by atoms with Gasteiger partial charge in [-0.2, -0.15) is 5.48 Å². The molecule has 5 nitrogen and oxygen atoms in total. The highest BCUT2D eigenvalue weighted by Gasteiger charge is 2.52. The molecule has 0 bridgehead atoms. The molecule has 2 aliphatic heterocycles. The summed E-state index contributed by atoms with van der Waals surface area (Å²) in [6.07, 6.45) is 0. The quantitative estimate of drug-likeness (QED) is 0.671. The number of halogens is 4. The molecule has 0 atom stereocenters. The van der Waals surface area contributed by atoms with Crippen LogP contribution in [0.5, 0.6) is 0 Å². The second kappa shape index (κ2) is 6.39. The van der Waals surface area contributed by atoms with Crippen molar-refractivity contribution in [2.24, 2.45) is 0 Å². The van der Waals surface area contributed by atoms with Crippen LogP contribution < -0.4 is 10.8 Å². The minimum Gasteiger partial charge on any atom is -0.350 e. The molecule has 2 N–H and O–H groups in total. The van der Waals surface area contributed by atoms with Crippen LogP contribution >= 0.6 is 22.6 Å². The number of nitrogens with one attached hydrogen (secondary N) is 2. The van der Waals surface area contributed by atoms with E-state index in [1.165, 1.54) is 23.1 Å². The molecule has 9 heteroatoms. The Bertz CT molecular complexity index is 897. The van der Waals surface area contributed by atoms with Gasteiger partial charge in [-0.3, -0.25) is 9.63 Å². The van der Waals surface area contributed by atoms with Gasteiger partial charge in [-0.25, -0.2) is 13.2 Å². The summed E-state index contributed by atoms with van der Waals surface area (Å²) in [5.41, 5.74) is 1.79. The zero-order chi connectivity index (χ0) is 18.5. The lowest BCUT2D eigenvalue weighted by Crippen LogP contribution is -2.75. The average Bonchev–Trinajstić information content (AvgIpc) is 2.51. The maximum atomic E-state index is 14.4. The van der Waals surface area contributed by atoms with Gasteiger partial charge in [0.15, 0.2) is 11.6 Å². The molecule has 1 spiro atoms. The van der Waals surface area contributed by atoms with Crippen LogP contribution in [0, 0.1) is 21.0 Å². The Morgan fingerprint density at radius 1 is 1.19 bits per heavy atom. The third-order valence-corrected chi connectivity index (χ3v) is 5.12. The fraction of sp³-hybridized carbons (Fsp3) is 0.235. The predicted molar refractivity (Wildman–Crippen MR) is 96.5 cm³/mol. The maximum Gasteiger partial charge on any atom is 0.256 e. The van der Waals surface area contributed by atoms with Gasteiger partial charge in [-0.15, -0.1) is 0 Å². The molecule has 2 aromatic rings. The molecule has 2 aliphatic rings. The summed E-state index contributed by atoms with van der Waals surface area (Å²) in [7, 11) is 0. The molecule has 1 amide bonds. The molecule has 26 heavy (non-hydrogen) atoms. The SMILES string of the molecule is O=C(c1ccc(F)c(F)c1Nc1ccc(I)cc1F)N1CC2(CNO2)C1. The van der Waals surface area contributed by atoms with Gasteiger partial charge in [0.1, 0.15) is 11.4 Å². The number of amides is 1. The van der Waals surface area contributed by atoms with Crippen molar-refractivity contribution in [2.45, 2.75) is 5.60 Å². The third-order valence-electron chi connectivity index (χ3n) is 4.44. The Morgan fingerprint density at radius 2 is 1.92 bits per heavy atom. The molecular weight excluding hydrogens is 462 g/mol. The molecule has 2 fully saturated rings. The van der Waals surface area contributed by atoms with E-state index < -0.39 is 23.4 Å². The molecule has 2 heterocycles. The van der Waals surface area contributed by atoms with E-state index in [1.54, 1.807) is 6.07 Å². The summed E-state index contributed by atoms with van der Waals surface area (Å²) in [5.74, 6) is -3.46. The second-order valence-corrected chi connectivity index (χ2v) is 7.55. The molecule has 0 aliphatic carbocycles. The molecule has 0 aromatic heterocycles. The largest absolute Gasteiger partial charge is 0.350 e. The maximum absolute atomic E-state index is 14.4. The summed E-state index contributed by atoms with van der Waals surface area (Å²) in [6, 6.07) is 6.35. The van der Waals surface area contributed by atoms with Crippen LogP contribution in [0.15, 0.2) is 30.3 Å². The van der Waals surface area contributed by atoms with E-state index in [0.717, 1.165) is 6.07 Å². The number of hydrogen-bond donors (Lipinski definition) is 2. The summed E-state index contributed by atoms with van der Waals surface area (Å²) >= 11 is 1.94. The fourth-order valence-corrected chi connectivity index (χ4v) is 3.45. The fourth-order valence-electron chi connectivity index (χ4n) is 2.99. The minimum absolute atomic E-state index is 0.0458. The number of hydroxylamine groups is 1. The Morgan fingerprint density at radius 3 is 2.54 bits per heavy atom. The van der Waals surface area contributed by atoms with Gasteiger partial charge < -0.3 is 10.2 Å². The molecule has 0 unspecified atom stereocenters. The van der Waals surface area contributed by atoms with Crippen molar-refractivity contribution >= 4 is 39.9 Å². The number of carbonyl (C=O) groups is 1. The van der Waals surface area contributed by atoms with E-state index in [-0.39, 0.29) is 22.5 Å². The van der Waals surface area contributed by atoms with Crippen molar-refractivity contribution in [3.05, 3.63) is 56.9 Å². The summed E-state index contributed by atoms with van der Waals surface area (Å²) in [5, 5.41) is 2.53. The van der Waals surface area contributed by atoms with E-state index in [0.29, 0.717) is 23.2 Å². The van der Waals surface area contributed by atoms with Crippen LogP contribution in [0.25, 0.3) is 0 Å². The zero-order valence-electron chi connectivity index (χ0n) is 13.3. The lowest BCUT2D eigenvalue weighted by molar-refractivity contribution is -0.253. The zero-order valence-corrected chi connectivity index (χ0v) is 15.4.